The van der Waals surface area contributed by atoms with Gasteiger partial charge in [0.1, 0.15) is 24.9 Å². The fourth-order valence-electron chi connectivity index (χ4n) is 8.61. The Hall–Kier alpha value is -4.58. The Morgan fingerprint density at radius 3 is 1.27 bits per heavy atom. The van der Waals surface area contributed by atoms with E-state index >= 15 is 0 Å². The first-order valence-corrected chi connectivity index (χ1v) is 17.5. The molecule has 6 nitrogen and oxygen atoms in total. The van der Waals surface area contributed by atoms with E-state index in [1.165, 1.54) is 0 Å². The Morgan fingerprint density at radius 1 is 0.583 bits per heavy atom. The van der Waals surface area contributed by atoms with Crippen LogP contribution in [0.15, 0.2) is 84.3 Å². The summed E-state index contributed by atoms with van der Waals surface area (Å²) in [6.45, 7) is 14.2. The molecule has 3 aromatic rings. The fraction of sp³-hybridized carbons (Fsp3) is 0.381. The number of nitrogens with zero attached hydrogens (tertiary/aromatic N) is 2. The number of carbonyl (C=O) groups excluding carboxylic acids is 2. The summed E-state index contributed by atoms with van der Waals surface area (Å²) in [6.07, 6.45) is 3.93. The van der Waals surface area contributed by atoms with Gasteiger partial charge in [0.2, 0.25) is 11.4 Å². The number of Topliss-reactive ketones (excluding diaryl/α,β-unsaturated/α-hetero) is 2. The molecule has 6 heteroatoms. The highest BCUT2D eigenvalue weighted by Crippen LogP contribution is 2.49. The summed E-state index contributed by atoms with van der Waals surface area (Å²) in [5.74, 6) is -2.29. The standard InChI is InChI=1S/C42H44N2O4/c1-7-9-23-43-29-17-13-11-15-27(29)41(3,4)39(43)33-35(45)31(36(33)46)25-19-21-26(22-20-25)32-37(47)34(38(32)48)40-42(5,6)28-16-12-14-18-30(28)44(40)24-10-8-2/h11-22,33-34H,7-10,23-24H2,1-6H3. The number of fused-ring (bicyclic) bond motifs is 2. The maximum absolute atomic E-state index is 13.8. The number of benzene rings is 3. The van der Waals surface area contributed by atoms with Crippen LogP contribution in [0.25, 0.3) is 11.1 Å². The van der Waals surface area contributed by atoms with Crippen molar-refractivity contribution in [3.63, 3.8) is 0 Å². The molecule has 0 N–H and O–H groups in total. The lowest BCUT2D eigenvalue weighted by molar-refractivity contribution is -0.443. The molecule has 0 fully saturated rings. The first-order chi connectivity index (χ1) is 23.0. The molecule has 0 saturated heterocycles. The molecule has 0 bridgehead atoms. The molecule has 4 aliphatic rings. The first kappa shape index (κ1) is 32.0. The summed E-state index contributed by atoms with van der Waals surface area (Å²) in [6, 6.07) is 23.2. The maximum atomic E-state index is 13.8. The van der Waals surface area contributed by atoms with Crippen molar-refractivity contribution in [2.75, 3.05) is 13.1 Å². The van der Waals surface area contributed by atoms with Gasteiger partial charge < -0.3 is 10.2 Å². The lowest BCUT2D eigenvalue weighted by atomic mass is 9.67. The normalized spacial score (nSPS) is 22.3. The highest BCUT2D eigenvalue weighted by Gasteiger charge is 2.55. The topological polar surface area (TPSA) is 86.3 Å². The van der Waals surface area contributed by atoms with Gasteiger partial charge in [0.25, 0.3) is 0 Å². The van der Waals surface area contributed by atoms with Gasteiger partial charge in [-0.05, 0) is 38.8 Å². The molecule has 0 radical (unpaired) electrons. The zero-order valence-corrected chi connectivity index (χ0v) is 28.9. The Kier molecular flexibility index (Phi) is 7.69. The molecule has 2 heterocycles. The molecule has 0 amide bonds. The molecule has 0 saturated carbocycles. The minimum Gasteiger partial charge on any atom is -0.874 e. The zero-order valence-electron chi connectivity index (χ0n) is 28.9. The van der Waals surface area contributed by atoms with Crippen LogP contribution >= 0.6 is 0 Å². The van der Waals surface area contributed by atoms with Crippen molar-refractivity contribution in [1.82, 2.24) is 0 Å². The van der Waals surface area contributed by atoms with Gasteiger partial charge in [0.05, 0.1) is 10.8 Å². The van der Waals surface area contributed by atoms with Crippen LogP contribution in [0.4, 0.5) is 11.4 Å². The predicted molar refractivity (Wildman–Crippen MR) is 186 cm³/mol. The van der Waals surface area contributed by atoms with Crippen LogP contribution in [0.5, 0.6) is 0 Å². The van der Waals surface area contributed by atoms with E-state index in [9.17, 15) is 19.8 Å². The Balaban J connectivity index is 1.20. The smallest absolute Gasteiger partial charge is 0.209 e. The summed E-state index contributed by atoms with van der Waals surface area (Å²) in [4.78, 5) is 27.7. The lowest BCUT2D eigenvalue weighted by Gasteiger charge is -2.39. The molecule has 246 valence electrons. The highest BCUT2D eigenvalue weighted by atomic mass is 16.3. The van der Waals surface area contributed by atoms with E-state index in [4.69, 9.17) is 0 Å². The van der Waals surface area contributed by atoms with Crippen LogP contribution in [0.3, 0.4) is 0 Å². The van der Waals surface area contributed by atoms with E-state index in [2.05, 4.69) is 75.0 Å². The molecule has 2 aliphatic carbocycles. The molecule has 48 heavy (non-hydrogen) atoms. The summed E-state index contributed by atoms with van der Waals surface area (Å²) < 4.78 is 4.40. The predicted octanol–water partition coefficient (Wildman–Crippen LogP) is 5.98. The van der Waals surface area contributed by atoms with Gasteiger partial charge in [0.15, 0.2) is 23.0 Å². The van der Waals surface area contributed by atoms with Crippen molar-refractivity contribution in [3.05, 3.63) is 107 Å². The summed E-state index contributed by atoms with van der Waals surface area (Å²) >= 11 is 0. The van der Waals surface area contributed by atoms with E-state index < -0.39 is 22.7 Å². The number of hydrogen-bond donors (Lipinski definition) is 0. The molecule has 0 spiro atoms. The zero-order chi connectivity index (χ0) is 34.1. The van der Waals surface area contributed by atoms with Gasteiger partial charge in [-0.3, -0.25) is 9.59 Å². The van der Waals surface area contributed by atoms with Gasteiger partial charge in [0, 0.05) is 47.2 Å². The Bertz CT molecular complexity index is 1860. The summed E-state index contributed by atoms with van der Waals surface area (Å²) in [7, 11) is 0. The quantitative estimate of drug-likeness (QED) is 0.255. The van der Waals surface area contributed by atoms with Crippen LogP contribution in [0, 0.1) is 11.8 Å². The molecule has 0 aromatic heterocycles. The third kappa shape index (κ3) is 4.44. The first-order valence-electron chi connectivity index (χ1n) is 17.5. The van der Waals surface area contributed by atoms with Crippen molar-refractivity contribution < 1.29 is 29.0 Å². The summed E-state index contributed by atoms with van der Waals surface area (Å²) in [5, 5.41) is 27.7. The largest absolute Gasteiger partial charge is 0.874 e. The average molecular weight is 641 g/mol. The lowest BCUT2D eigenvalue weighted by Crippen LogP contribution is -2.49. The third-order valence-electron chi connectivity index (χ3n) is 11.1. The van der Waals surface area contributed by atoms with Crippen molar-refractivity contribution in [2.24, 2.45) is 11.8 Å². The number of carbonyl (C=O) groups is 2. The molecule has 3 aromatic carbocycles. The molecular formula is C42H44N2O4. The van der Waals surface area contributed by atoms with E-state index in [0.717, 1.165) is 72.7 Å². The monoisotopic (exact) mass is 640 g/mol. The number of hydrogen-bond acceptors (Lipinski definition) is 4. The second-order valence-electron chi connectivity index (χ2n) is 14.7. The highest BCUT2D eigenvalue weighted by molar-refractivity contribution is 6.38. The van der Waals surface area contributed by atoms with Crippen molar-refractivity contribution >= 4 is 45.5 Å². The number of unbranched alkanes of at least 4 members (excludes halogenated alkanes) is 2. The SMILES string of the molecule is CCCC[N+]1=C(C2C(=O)C(c3ccc(C4=C([O-])C(C5=[N+](CCCC)c6ccccc6C5(C)C)C4=O)cc3)=C2[O-])C(C)(C)c2ccccc21. The average Bonchev–Trinajstić information content (AvgIpc) is 3.43. The molecule has 7 rings (SSSR count). The number of allylic oxidation sites excluding steroid dienone is 4. The van der Waals surface area contributed by atoms with Gasteiger partial charge in [-0.15, -0.1) is 0 Å². The second-order valence-corrected chi connectivity index (χ2v) is 14.7. The maximum Gasteiger partial charge on any atom is 0.209 e. The van der Waals surface area contributed by atoms with Crippen LogP contribution in [0.2, 0.25) is 0 Å². The molecular weight excluding hydrogens is 596 g/mol. The van der Waals surface area contributed by atoms with Gasteiger partial charge in [-0.1, -0.05) is 98.9 Å². The molecule has 2 atom stereocenters. The fourth-order valence-corrected chi connectivity index (χ4v) is 8.61. The van der Waals surface area contributed by atoms with E-state index in [0.29, 0.717) is 11.1 Å². The van der Waals surface area contributed by atoms with Crippen LogP contribution in [0.1, 0.15) is 89.5 Å². The van der Waals surface area contributed by atoms with E-state index in [-0.39, 0.29) is 34.2 Å². The van der Waals surface area contributed by atoms with Crippen molar-refractivity contribution in [1.29, 1.82) is 0 Å². The minimum atomic E-state index is -0.810. The van der Waals surface area contributed by atoms with Crippen LogP contribution in [-0.2, 0) is 20.4 Å². The van der Waals surface area contributed by atoms with Crippen molar-refractivity contribution in [2.45, 2.75) is 78.1 Å². The number of para-hydroxylation sites is 2. The number of rotatable bonds is 10. The van der Waals surface area contributed by atoms with Crippen LogP contribution in [-0.4, -0.2) is 45.2 Å². The minimum absolute atomic E-state index is 0.166. The Labute approximate surface area is 283 Å². The third-order valence-corrected chi connectivity index (χ3v) is 11.1. The Morgan fingerprint density at radius 2 is 0.938 bits per heavy atom. The van der Waals surface area contributed by atoms with Crippen LogP contribution < -0.4 is 10.2 Å². The van der Waals surface area contributed by atoms with Gasteiger partial charge in [-0.25, -0.2) is 0 Å². The van der Waals surface area contributed by atoms with Crippen molar-refractivity contribution in [3.8, 4) is 0 Å². The molecule has 2 aliphatic heterocycles. The van der Waals surface area contributed by atoms with E-state index in [1.807, 2.05) is 24.3 Å². The second kappa shape index (κ2) is 11.5. The van der Waals surface area contributed by atoms with E-state index in [1.54, 1.807) is 24.3 Å². The van der Waals surface area contributed by atoms with Gasteiger partial charge in [-0.2, -0.15) is 9.15 Å². The van der Waals surface area contributed by atoms with Gasteiger partial charge >= 0.3 is 0 Å². The molecule has 2 unspecified atom stereocenters. The summed E-state index contributed by atoms with van der Waals surface area (Å²) in [5.41, 5.74) is 6.70. The number of ketones is 2.